The van der Waals surface area contributed by atoms with E-state index in [-0.39, 0.29) is 18.2 Å². The van der Waals surface area contributed by atoms with E-state index in [1.54, 1.807) is 7.11 Å². The summed E-state index contributed by atoms with van der Waals surface area (Å²) in [6.45, 7) is 7.06. The highest BCUT2D eigenvalue weighted by Gasteiger charge is 2.17. The van der Waals surface area contributed by atoms with Crippen molar-refractivity contribution in [1.29, 1.82) is 5.26 Å². The summed E-state index contributed by atoms with van der Waals surface area (Å²) in [7, 11) is 1.72. The summed E-state index contributed by atoms with van der Waals surface area (Å²) in [5.41, 5.74) is 1.00. The van der Waals surface area contributed by atoms with Crippen LogP contribution in [-0.2, 0) is 4.74 Å². The van der Waals surface area contributed by atoms with Gasteiger partial charge in [-0.2, -0.15) is 5.26 Å². The highest BCUT2D eigenvalue weighted by molar-refractivity contribution is 5.29. The molecule has 104 valence electrons. The van der Waals surface area contributed by atoms with Crippen LogP contribution in [0, 0.1) is 11.3 Å². The topological polar surface area (TPSA) is 54.3 Å². The number of benzene rings is 1. The molecule has 0 fully saturated rings. The zero-order chi connectivity index (χ0) is 14.3. The van der Waals surface area contributed by atoms with Gasteiger partial charge in [0.05, 0.1) is 5.60 Å². The van der Waals surface area contributed by atoms with E-state index < -0.39 is 0 Å². The normalized spacial score (nSPS) is 12.8. The van der Waals surface area contributed by atoms with Gasteiger partial charge in [0, 0.05) is 19.7 Å². The zero-order valence-electron chi connectivity index (χ0n) is 12.1. The minimum atomic E-state index is -0.176. The Morgan fingerprint density at radius 3 is 2.47 bits per heavy atom. The third kappa shape index (κ3) is 5.29. The first kappa shape index (κ1) is 15.5. The van der Waals surface area contributed by atoms with Crippen molar-refractivity contribution >= 4 is 0 Å². The summed E-state index contributed by atoms with van der Waals surface area (Å²) in [4.78, 5) is 0. The Labute approximate surface area is 115 Å². The first-order valence-corrected chi connectivity index (χ1v) is 6.37. The fourth-order valence-corrected chi connectivity index (χ4v) is 1.56. The summed E-state index contributed by atoms with van der Waals surface area (Å²) in [6.07, 6.45) is 0. The maximum Gasteiger partial charge on any atom is 0.174 e. The van der Waals surface area contributed by atoms with Gasteiger partial charge in [0.25, 0.3) is 0 Å². The van der Waals surface area contributed by atoms with Crippen LogP contribution in [0.15, 0.2) is 24.3 Å². The van der Waals surface area contributed by atoms with Crippen LogP contribution in [0.1, 0.15) is 32.4 Å². The number of nitrogens with one attached hydrogen (secondary N) is 1. The maximum absolute atomic E-state index is 8.44. The van der Waals surface area contributed by atoms with Gasteiger partial charge in [-0.15, -0.1) is 0 Å². The van der Waals surface area contributed by atoms with Crippen molar-refractivity contribution in [1.82, 2.24) is 5.32 Å². The van der Waals surface area contributed by atoms with Gasteiger partial charge in [-0.05, 0) is 38.5 Å². The third-order valence-corrected chi connectivity index (χ3v) is 3.07. The van der Waals surface area contributed by atoms with E-state index in [0.29, 0.717) is 0 Å². The molecule has 1 N–H and O–H groups in total. The Morgan fingerprint density at radius 1 is 1.32 bits per heavy atom. The Morgan fingerprint density at radius 2 is 1.95 bits per heavy atom. The first-order valence-electron chi connectivity index (χ1n) is 6.37. The molecule has 4 nitrogen and oxygen atoms in total. The van der Waals surface area contributed by atoms with Crippen molar-refractivity contribution in [2.75, 3.05) is 20.3 Å². The van der Waals surface area contributed by atoms with Gasteiger partial charge >= 0.3 is 0 Å². The van der Waals surface area contributed by atoms with Gasteiger partial charge in [0.2, 0.25) is 0 Å². The van der Waals surface area contributed by atoms with Gasteiger partial charge in [0.15, 0.2) is 6.61 Å². The smallest absolute Gasteiger partial charge is 0.174 e. The van der Waals surface area contributed by atoms with Gasteiger partial charge in [-0.1, -0.05) is 12.1 Å². The Balaban J connectivity index is 2.53. The predicted molar refractivity (Wildman–Crippen MR) is 75.1 cm³/mol. The molecule has 1 atom stereocenters. The highest BCUT2D eigenvalue weighted by atomic mass is 16.5. The minimum absolute atomic E-state index is 0.0786. The van der Waals surface area contributed by atoms with Crippen LogP contribution in [-0.4, -0.2) is 25.9 Å². The molecule has 0 aromatic heterocycles. The fourth-order valence-electron chi connectivity index (χ4n) is 1.56. The van der Waals surface area contributed by atoms with Crippen LogP contribution in [0.5, 0.6) is 5.75 Å². The van der Waals surface area contributed by atoms with Crippen LogP contribution >= 0.6 is 0 Å². The van der Waals surface area contributed by atoms with Crippen molar-refractivity contribution < 1.29 is 9.47 Å². The van der Waals surface area contributed by atoms with Crippen molar-refractivity contribution in [3.05, 3.63) is 29.8 Å². The lowest BCUT2D eigenvalue weighted by Crippen LogP contribution is -2.37. The molecule has 0 saturated heterocycles. The monoisotopic (exact) mass is 262 g/mol. The molecule has 0 heterocycles. The first-order chi connectivity index (χ1) is 8.98. The maximum atomic E-state index is 8.44. The van der Waals surface area contributed by atoms with Crippen LogP contribution in [0.25, 0.3) is 0 Å². The summed E-state index contributed by atoms with van der Waals surface area (Å²) >= 11 is 0. The zero-order valence-corrected chi connectivity index (χ0v) is 12.1. The fraction of sp³-hybridized carbons (Fsp3) is 0.533. The molecular formula is C15H22N2O2. The molecule has 0 aliphatic heterocycles. The number of nitrogens with zero attached hydrogens (tertiary/aromatic N) is 1. The average molecular weight is 262 g/mol. The van der Waals surface area contributed by atoms with E-state index in [0.717, 1.165) is 12.3 Å². The van der Waals surface area contributed by atoms with E-state index >= 15 is 0 Å². The lowest BCUT2D eigenvalue weighted by atomic mass is 10.1. The van der Waals surface area contributed by atoms with Crippen molar-refractivity contribution in [3.8, 4) is 11.8 Å². The Kier molecular flexibility index (Phi) is 5.81. The second kappa shape index (κ2) is 7.13. The van der Waals surface area contributed by atoms with Crippen molar-refractivity contribution in [2.45, 2.75) is 32.4 Å². The van der Waals surface area contributed by atoms with E-state index in [1.807, 2.05) is 44.2 Å². The van der Waals surface area contributed by atoms with E-state index in [9.17, 15) is 0 Å². The molecule has 0 radical (unpaired) electrons. The third-order valence-electron chi connectivity index (χ3n) is 3.07. The van der Waals surface area contributed by atoms with Crippen molar-refractivity contribution in [3.63, 3.8) is 0 Å². The molecule has 1 unspecified atom stereocenters. The molecule has 0 amide bonds. The number of hydrogen-bond donors (Lipinski definition) is 1. The van der Waals surface area contributed by atoms with Gasteiger partial charge in [-0.25, -0.2) is 0 Å². The average Bonchev–Trinajstić information content (AvgIpc) is 2.43. The molecule has 0 saturated carbocycles. The number of methoxy groups -OCH3 is 1. The molecule has 19 heavy (non-hydrogen) atoms. The second-order valence-electron chi connectivity index (χ2n) is 5.08. The molecule has 0 bridgehead atoms. The van der Waals surface area contributed by atoms with Gasteiger partial charge in [0.1, 0.15) is 11.8 Å². The van der Waals surface area contributed by atoms with Crippen LogP contribution in [0.4, 0.5) is 0 Å². The van der Waals surface area contributed by atoms with Crippen molar-refractivity contribution in [2.24, 2.45) is 0 Å². The summed E-state index contributed by atoms with van der Waals surface area (Å²) < 4.78 is 10.6. The molecule has 1 aromatic carbocycles. The molecule has 1 rings (SSSR count). The summed E-state index contributed by atoms with van der Waals surface area (Å²) in [5, 5.41) is 11.9. The second-order valence-corrected chi connectivity index (χ2v) is 5.08. The quantitative estimate of drug-likeness (QED) is 0.820. The summed E-state index contributed by atoms with van der Waals surface area (Å²) in [6, 6.07) is 9.95. The molecule has 4 heteroatoms. The highest BCUT2D eigenvalue weighted by Crippen LogP contribution is 2.18. The number of rotatable bonds is 7. The molecule has 0 aliphatic carbocycles. The standard InChI is InChI=1S/C15H22N2O2/c1-12(17-11-15(2,3)18-4)13-5-7-14(8-6-13)19-10-9-16/h5-8,12,17H,10-11H2,1-4H3. The van der Waals surface area contributed by atoms with E-state index in [2.05, 4.69) is 12.2 Å². The molecule has 1 aromatic rings. The predicted octanol–water partition coefficient (Wildman–Crippen LogP) is 2.66. The number of ether oxygens (including phenoxy) is 2. The van der Waals surface area contributed by atoms with Crippen LogP contribution in [0.2, 0.25) is 0 Å². The van der Waals surface area contributed by atoms with Gasteiger partial charge in [-0.3, -0.25) is 0 Å². The van der Waals surface area contributed by atoms with Crippen LogP contribution < -0.4 is 10.1 Å². The Hall–Kier alpha value is -1.57. The SMILES string of the molecule is COC(C)(C)CNC(C)c1ccc(OCC#N)cc1. The Bertz CT molecular complexity index is 421. The lowest BCUT2D eigenvalue weighted by molar-refractivity contribution is 0.0214. The molecule has 0 spiro atoms. The van der Waals surface area contributed by atoms with Crippen LogP contribution in [0.3, 0.4) is 0 Å². The number of nitriles is 1. The van der Waals surface area contributed by atoms with E-state index in [4.69, 9.17) is 14.7 Å². The molecule has 0 aliphatic rings. The van der Waals surface area contributed by atoms with E-state index in [1.165, 1.54) is 5.56 Å². The molecular weight excluding hydrogens is 240 g/mol. The lowest BCUT2D eigenvalue weighted by Gasteiger charge is -2.26. The number of hydrogen-bond acceptors (Lipinski definition) is 4. The van der Waals surface area contributed by atoms with Gasteiger partial charge < -0.3 is 14.8 Å². The largest absolute Gasteiger partial charge is 0.479 e. The summed E-state index contributed by atoms with van der Waals surface area (Å²) in [5.74, 6) is 0.717. The minimum Gasteiger partial charge on any atom is -0.479 e.